The molecule has 1 saturated heterocycles. The van der Waals surface area contributed by atoms with Gasteiger partial charge in [0.05, 0.1) is 19.3 Å². The zero-order chi connectivity index (χ0) is 16.0. The van der Waals surface area contributed by atoms with Crippen LogP contribution in [0.2, 0.25) is 0 Å². The Kier molecular flexibility index (Phi) is 6.91. The molecule has 1 rings (SSSR count). The number of amides is 2. The summed E-state index contributed by atoms with van der Waals surface area (Å²) in [7, 11) is 5.65. The second-order valence-electron chi connectivity index (χ2n) is 5.68. The average Bonchev–Trinajstić information content (AvgIpc) is 2.91. The van der Waals surface area contributed by atoms with Crippen molar-refractivity contribution >= 4 is 12.0 Å². The van der Waals surface area contributed by atoms with E-state index in [9.17, 15) is 14.7 Å². The number of urea groups is 1. The zero-order valence-corrected chi connectivity index (χ0v) is 13.4. The van der Waals surface area contributed by atoms with Crippen molar-refractivity contribution in [1.29, 1.82) is 0 Å². The number of carbonyl (C=O) groups excluding carboxylic acids is 1. The summed E-state index contributed by atoms with van der Waals surface area (Å²) < 4.78 is 5.23. The van der Waals surface area contributed by atoms with Crippen LogP contribution in [-0.4, -0.2) is 91.8 Å². The van der Waals surface area contributed by atoms with Gasteiger partial charge in [-0.15, -0.1) is 0 Å². The number of rotatable bonds is 7. The van der Waals surface area contributed by atoms with Crippen molar-refractivity contribution in [2.75, 3.05) is 54.0 Å². The standard InChI is InChI=1S/C14H27N3O4/c1-5-17(8-6-7-15(2)3)14(20)16(4)12-10-21-9-11(12)13(18)19/h11-12H,5-10H2,1-4H3,(H,18,19). The molecule has 1 aliphatic rings. The molecule has 2 amide bonds. The molecule has 0 saturated carbocycles. The first-order valence-corrected chi connectivity index (χ1v) is 7.35. The molecule has 2 unspecified atom stereocenters. The Labute approximate surface area is 126 Å². The van der Waals surface area contributed by atoms with E-state index in [0.29, 0.717) is 13.1 Å². The first-order chi connectivity index (χ1) is 9.88. The smallest absolute Gasteiger partial charge is 0.320 e. The van der Waals surface area contributed by atoms with Crippen LogP contribution >= 0.6 is 0 Å². The monoisotopic (exact) mass is 301 g/mol. The number of ether oxygens (including phenoxy) is 1. The highest BCUT2D eigenvalue weighted by atomic mass is 16.5. The maximum Gasteiger partial charge on any atom is 0.320 e. The van der Waals surface area contributed by atoms with Crippen LogP contribution in [0, 0.1) is 5.92 Å². The molecule has 1 heterocycles. The largest absolute Gasteiger partial charge is 0.481 e. The van der Waals surface area contributed by atoms with Crippen LogP contribution < -0.4 is 0 Å². The van der Waals surface area contributed by atoms with Gasteiger partial charge in [-0.2, -0.15) is 0 Å². The van der Waals surface area contributed by atoms with Gasteiger partial charge in [0.25, 0.3) is 0 Å². The number of carbonyl (C=O) groups is 2. The summed E-state index contributed by atoms with van der Waals surface area (Å²) in [5.74, 6) is -1.55. The number of hydrogen-bond donors (Lipinski definition) is 1. The summed E-state index contributed by atoms with van der Waals surface area (Å²) >= 11 is 0. The third kappa shape index (κ3) is 4.86. The van der Waals surface area contributed by atoms with E-state index < -0.39 is 17.9 Å². The van der Waals surface area contributed by atoms with Crippen molar-refractivity contribution in [1.82, 2.24) is 14.7 Å². The SMILES string of the molecule is CCN(CCCN(C)C)C(=O)N(C)C1COCC1C(=O)O. The van der Waals surface area contributed by atoms with Gasteiger partial charge in [0.15, 0.2) is 0 Å². The number of aliphatic carboxylic acids is 1. The van der Waals surface area contributed by atoms with Gasteiger partial charge in [-0.25, -0.2) is 4.79 Å². The fourth-order valence-corrected chi connectivity index (χ4v) is 2.49. The molecule has 0 aliphatic carbocycles. The lowest BCUT2D eigenvalue weighted by molar-refractivity contribution is -0.142. The third-order valence-corrected chi connectivity index (χ3v) is 3.85. The molecule has 0 aromatic heterocycles. The van der Waals surface area contributed by atoms with Crippen LogP contribution in [0.25, 0.3) is 0 Å². The maximum absolute atomic E-state index is 12.5. The Morgan fingerprint density at radius 2 is 1.86 bits per heavy atom. The van der Waals surface area contributed by atoms with Crippen molar-refractivity contribution in [3.63, 3.8) is 0 Å². The Morgan fingerprint density at radius 3 is 2.38 bits per heavy atom. The minimum atomic E-state index is -0.909. The van der Waals surface area contributed by atoms with Crippen LogP contribution in [0.15, 0.2) is 0 Å². The van der Waals surface area contributed by atoms with Crippen LogP contribution in [0.3, 0.4) is 0 Å². The number of carboxylic acids is 1. The molecule has 0 aromatic carbocycles. The maximum atomic E-state index is 12.5. The lowest BCUT2D eigenvalue weighted by Gasteiger charge is -2.32. The van der Waals surface area contributed by atoms with Crippen LogP contribution in [0.1, 0.15) is 13.3 Å². The molecule has 0 aromatic rings. The van der Waals surface area contributed by atoms with E-state index in [2.05, 4.69) is 4.90 Å². The van der Waals surface area contributed by atoms with Gasteiger partial charge < -0.3 is 24.5 Å². The summed E-state index contributed by atoms with van der Waals surface area (Å²) in [5.41, 5.74) is 0. The van der Waals surface area contributed by atoms with Crippen LogP contribution in [0.4, 0.5) is 4.79 Å². The van der Waals surface area contributed by atoms with E-state index in [1.54, 1.807) is 11.9 Å². The Bertz CT molecular complexity index is 362. The topological polar surface area (TPSA) is 73.3 Å². The highest BCUT2D eigenvalue weighted by Gasteiger charge is 2.39. The number of likely N-dealkylation sites (N-methyl/N-ethyl adjacent to an activating group) is 1. The lowest BCUT2D eigenvalue weighted by atomic mass is 10.0. The van der Waals surface area contributed by atoms with E-state index in [-0.39, 0.29) is 19.2 Å². The summed E-state index contributed by atoms with van der Waals surface area (Å²) in [4.78, 5) is 29.0. The molecule has 1 N–H and O–H groups in total. The van der Waals surface area contributed by atoms with Crippen molar-refractivity contribution in [2.24, 2.45) is 5.92 Å². The molecule has 0 spiro atoms. The fraction of sp³-hybridized carbons (Fsp3) is 0.857. The summed E-state index contributed by atoms with van der Waals surface area (Å²) in [6.45, 7) is 4.59. The van der Waals surface area contributed by atoms with E-state index >= 15 is 0 Å². The molecular weight excluding hydrogens is 274 g/mol. The minimum absolute atomic E-state index is 0.127. The Morgan fingerprint density at radius 1 is 1.19 bits per heavy atom. The Balaban J connectivity index is 2.59. The van der Waals surface area contributed by atoms with Gasteiger partial charge in [0, 0.05) is 20.1 Å². The van der Waals surface area contributed by atoms with Crippen molar-refractivity contribution in [2.45, 2.75) is 19.4 Å². The molecule has 122 valence electrons. The molecular formula is C14H27N3O4. The summed E-state index contributed by atoms with van der Waals surface area (Å²) in [6, 6.07) is -0.518. The molecule has 1 aliphatic heterocycles. The van der Waals surface area contributed by atoms with Gasteiger partial charge in [-0.1, -0.05) is 0 Å². The molecule has 0 bridgehead atoms. The van der Waals surface area contributed by atoms with E-state index in [1.807, 2.05) is 21.0 Å². The molecule has 21 heavy (non-hydrogen) atoms. The lowest BCUT2D eigenvalue weighted by Crippen LogP contribution is -2.50. The average molecular weight is 301 g/mol. The minimum Gasteiger partial charge on any atom is -0.481 e. The molecule has 1 fully saturated rings. The van der Waals surface area contributed by atoms with E-state index in [0.717, 1.165) is 13.0 Å². The normalized spacial score (nSPS) is 21.6. The van der Waals surface area contributed by atoms with Gasteiger partial charge in [-0.05, 0) is 34.0 Å². The predicted octanol–water partition coefficient (Wildman–Crippen LogP) is 0.411. The summed E-state index contributed by atoms with van der Waals surface area (Å²) in [5, 5.41) is 9.18. The Hall–Kier alpha value is -1.34. The second-order valence-corrected chi connectivity index (χ2v) is 5.68. The van der Waals surface area contributed by atoms with Crippen LogP contribution in [0.5, 0.6) is 0 Å². The summed E-state index contributed by atoms with van der Waals surface area (Å²) in [6.07, 6.45) is 0.893. The first kappa shape index (κ1) is 17.7. The molecule has 7 nitrogen and oxygen atoms in total. The predicted molar refractivity (Wildman–Crippen MR) is 79.3 cm³/mol. The zero-order valence-electron chi connectivity index (χ0n) is 13.4. The van der Waals surface area contributed by atoms with E-state index in [1.165, 1.54) is 4.90 Å². The van der Waals surface area contributed by atoms with Crippen LogP contribution in [-0.2, 0) is 9.53 Å². The molecule has 7 heteroatoms. The number of hydrogen-bond acceptors (Lipinski definition) is 4. The number of carboxylic acid groups (broad SMARTS) is 1. The third-order valence-electron chi connectivity index (χ3n) is 3.85. The highest BCUT2D eigenvalue weighted by Crippen LogP contribution is 2.20. The quantitative estimate of drug-likeness (QED) is 0.737. The second kappa shape index (κ2) is 8.19. The van der Waals surface area contributed by atoms with Crippen molar-refractivity contribution in [3.8, 4) is 0 Å². The number of nitrogens with zero attached hydrogens (tertiary/aromatic N) is 3. The van der Waals surface area contributed by atoms with E-state index in [4.69, 9.17) is 4.74 Å². The highest BCUT2D eigenvalue weighted by molar-refractivity contribution is 5.77. The van der Waals surface area contributed by atoms with Gasteiger partial charge >= 0.3 is 12.0 Å². The fourth-order valence-electron chi connectivity index (χ4n) is 2.49. The van der Waals surface area contributed by atoms with Gasteiger partial charge in [0.2, 0.25) is 0 Å². The van der Waals surface area contributed by atoms with Crippen molar-refractivity contribution in [3.05, 3.63) is 0 Å². The van der Waals surface area contributed by atoms with Crippen molar-refractivity contribution < 1.29 is 19.4 Å². The van der Waals surface area contributed by atoms with Gasteiger partial charge in [-0.3, -0.25) is 4.79 Å². The first-order valence-electron chi connectivity index (χ1n) is 7.35. The molecule has 0 radical (unpaired) electrons. The molecule has 2 atom stereocenters. The van der Waals surface area contributed by atoms with Gasteiger partial charge in [0.1, 0.15) is 5.92 Å².